The molecule has 0 bridgehead atoms. The van der Waals surface area contributed by atoms with E-state index in [4.69, 9.17) is 9.84 Å². The summed E-state index contributed by atoms with van der Waals surface area (Å²) in [5.74, 6) is -0.146. The van der Waals surface area contributed by atoms with Crippen LogP contribution in [0, 0.1) is 0 Å². The summed E-state index contributed by atoms with van der Waals surface area (Å²) in [5.41, 5.74) is -0.582. The molecule has 1 aliphatic rings. The predicted molar refractivity (Wildman–Crippen MR) is 51.0 cm³/mol. The van der Waals surface area contributed by atoms with E-state index in [-0.39, 0.29) is 17.4 Å². The molecule has 1 aliphatic carbocycles. The lowest BCUT2D eigenvalue weighted by atomic mass is 10.1. The van der Waals surface area contributed by atoms with E-state index >= 15 is 0 Å². The lowest BCUT2D eigenvalue weighted by Gasteiger charge is -2.14. The maximum Gasteiger partial charge on any atom is 0.419 e. The molecule has 1 aromatic carbocycles. The first-order valence-electron chi connectivity index (χ1n) is 4.98. The fraction of sp³-hybridized carbons (Fsp3) is 0.455. The summed E-state index contributed by atoms with van der Waals surface area (Å²) < 4.78 is 43.2. The summed E-state index contributed by atoms with van der Waals surface area (Å²) in [6.07, 6.45) is -2.92. The minimum absolute atomic E-state index is 0.0823. The Kier molecular flexibility index (Phi) is 2.80. The standard InChI is InChI=1S/C11H11F3O2/c12-11(13,14)9-5-7(6-15)1-4-10(9)16-8-2-3-8/h1,4-5,8,15H,2-3,6H2. The number of hydrogen-bond acceptors (Lipinski definition) is 2. The van der Waals surface area contributed by atoms with Crippen molar-refractivity contribution >= 4 is 0 Å². The van der Waals surface area contributed by atoms with Crippen LogP contribution in [0.15, 0.2) is 18.2 Å². The second-order valence-corrected chi connectivity index (χ2v) is 3.80. The molecule has 0 aliphatic heterocycles. The van der Waals surface area contributed by atoms with Crippen molar-refractivity contribution in [2.45, 2.75) is 31.7 Å². The number of halogens is 3. The van der Waals surface area contributed by atoms with Gasteiger partial charge in [-0.3, -0.25) is 0 Å². The van der Waals surface area contributed by atoms with Gasteiger partial charge in [-0.25, -0.2) is 0 Å². The third-order valence-corrected chi connectivity index (χ3v) is 2.35. The number of ether oxygens (including phenoxy) is 1. The largest absolute Gasteiger partial charge is 0.490 e. The average molecular weight is 232 g/mol. The first-order chi connectivity index (χ1) is 7.50. The van der Waals surface area contributed by atoms with Gasteiger partial charge in [0.25, 0.3) is 0 Å². The highest BCUT2D eigenvalue weighted by Gasteiger charge is 2.36. The van der Waals surface area contributed by atoms with Crippen LogP contribution in [0.3, 0.4) is 0 Å². The molecular formula is C11H11F3O2. The Morgan fingerprint density at radius 1 is 1.31 bits per heavy atom. The zero-order chi connectivity index (χ0) is 11.8. The Morgan fingerprint density at radius 2 is 2.00 bits per heavy atom. The number of aliphatic hydroxyl groups excluding tert-OH is 1. The molecular weight excluding hydrogens is 221 g/mol. The van der Waals surface area contributed by atoms with Crippen LogP contribution in [0.4, 0.5) is 13.2 Å². The van der Waals surface area contributed by atoms with Gasteiger partial charge >= 0.3 is 6.18 Å². The number of rotatable bonds is 3. The Morgan fingerprint density at radius 3 is 2.50 bits per heavy atom. The lowest BCUT2D eigenvalue weighted by Crippen LogP contribution is -2.10. The number of benzene rings is 1. The monoisotopic (exact) mass is 232 g/mol. The molecule has 0 heterocycles. The highest BCUT2D eigenvalue weighted by Crippen LogP contribution is 2.39. The Labute approximate surface area is 90.7 Å². The van der Waals surface area contributed by atoms with Gasteiger partial charge < -0.3 is 9.84 Å². The maximum absolute atomic E-state index is 12.7. The van der Waals surface area contributed by atoms with Gasteiger partial charge in [0, 0.05) is 0 Å². The molecule has 1 N–H and O–H groups in total. The molecule has 2 nitrogen and oxygen atoms in total. The van der Waals surface area contributed by atoms with E-state index in [1.165, 1.54) is 12.1 Å². The molecule has 16 heavy (non-hydrogen) atoms. The van der Waals surface area contributed by atoms with Gasteiger partial charge in [0.15, 0.2) is 0 Å². The highest BCUT2D eigenvalue weighted by atomic mass is 19.4. The van der Waals surface area contributed by atoms with E-state index in [1.807, 2.05) is 0 Å². The van der Waals surface area contributed by atoms with Gasteiger partial charge in [-0.2, -0.15) is 13.2 Å². The summed E-state index contributed by atoms with van der Waals surface area (Å²) in [6, 6.07) is 3.64. The van der Waals surface area contributed by atoms with Gasteiger partial charge in [-0.15, -0.1) is 0 Å². The predicted octanol–water partition coefficient (Wildman–Crippen LogP) is 2.74. The van der Waals surface area contributed by atoms with Crippen LogP contribution in [0.5, 0.6) is 5.75 Å². The van der Waals surface area contributed by atoms with E-state index < -0.39 is 18.3 Å². The van der Waals surface area contributed by atoms with Gasteiger partial charge in [-0.1, -0.05) is 6.07 Å². The fourth-order valence-corrected chi connectivity index (χ4v) is 1.37. The van der Waals surface area contributed by atoms with Crippen LogP contribution in [0.1, 0.15) is 24.0 Å². The van der Waals surface area contributed by atoms with Gasteiger partial charge in [0.2, 0.25) is 0 Å². The van der Waals surface area contributed by atoms with Crippen LogP contribution in [0.25, 0.3) is 0 Å². The zero-order valence-electron chi connectivity index (χ0n) is 8.42. The minimum Gasteiger partial charge on any atom is -0.490 e. The van der Waals surface area contributed by atoms with E-state index in [2.05, 4.69) is 0 Å². The summed E-state index contributed by atoms with van der Waals surface area (Å²) in [7, 11) is 0. The van der Waals surface area contributed by atoms with Crippen molar-refractivity contribution in [2.24, 2.45) is 0 Å². The van der Waals surface area contributed by atoms with Gasteiger partial charge in [0.05, 0.1) is 18.3 Å². The van der Waals surface area contributed by atoms with Crippen LogP contribution < -0.4 is 4.74 Å². The molecule has 1 saturated carbocycles. The molecule has 0 saturated heterocycles. The van der Waals surface area contributed by atoms with Crippen LogP contribution in [-0.4, -0.2) is 11.2 Å². The quantitative estimate of drug-likeness (QED) is 0.868. The normalized spacial score (nSPS) is 16.2. The van der Waals surface area contributed by atoms with Crippen LogP contribution in [-0.2, 0) is 12.8 Å². The lowest BCUT2D eigenvalue weighted by molar-refractivity contribution is -0.139. The van der Waals surface area contributed by atoms with Crippen LogP contribution >= 0.6 is 0 Å². The SMILES string of the molecule is OCc1ccc(OC2CC2)c(C(F)(F)F)c1. The van der Waals surface area contributed by atoms with Crippen molar-refractivity contribution in [1.82, 2.24) is 0 Å². The number of hydrogen-bond donors (Lipinski definition) is 1. The van der Waals surface area contributed by atoms with Crippen molar-refractivity contribution in [3.8, 4) is 5.75 Å². The van der Waals surface area contributed by atoms with Crippen molar-refractivity contribution < 1.29 is 23.0 Å². The van der Waals surface area contributed by atoms with E-state index in [1.54, 1.807) is 0 Å². The molecule has 0 radical (unpaired) electrons. The number of alkyl halides is 3. The Balaban J connectivity index is 2.33. The maximum atomic E-state index is 12.7. The van der Waals surface area contributed by atoms with Gasteiger partial charge in [0.1, 0.15) is 5.75 Å². The highest BCUT2D eigenvalue weighted by molar-refractivity contribution is 5.39. The zero-order valence-corrected chi connectivity index (χ0v) is 8.42. The first kappa shape index (κ1) is 11.3. The van der Waals surface area contributed by atoms with Crippen LogP contribution in [0.2, 0.25) is 0 Å². The van der Waals surface area contributed by atoms with Crippen molar-refractivity contribution in [2.75, 3.05) is 0 Å². The smallest absolute Gasteiger partial charge is 0.419 e. The molecule has 5 heteroatoms. The second-order valence-electron chi connectivity index (χ2n) is 3.80. The molecule has 0 aromatic heterocycles. The van der Waals surface area contributed by atoms with Crippen molar-refractivity contribution in [3.63, 3.8) is 0 Å². The van der Waals surface area contributed by atoms with Crippen molar-refractivity contribution in [3.05, 3.63) is 29.3 Å². The third kappa shape index (κ3) is 2.47. The minimum atomic E-state index is -4.45. The van der Waals surface area contributed by atoms with E-state index in [9.17, 15) is 13.2 Å². The number of aliphatic hydroxyl groups is 1. The first-order valence-corrected chi connectivity index (χ1v) is 4.98. The molecule has 1 fully saturated rings. The van der Waals surface area contributed by atoms with Gasteiger partial charge in [-0.05, 0) is 30.5 Å². The molecule has 0 amide bonds. The molecule has 88 valence electrons. The second kappa shape index (κ2) is 3.97. The molecule has 0 spiro atoms. The summed E-state index contributed by atoms with van der Waals surface area (Å²) >= 11 is 0. The van der Waals surface area contributed by atoms with Crippen molar-refractivity contribution in [1.29, 1.82) is 0 Å². The molecule has 2 rings (SSSR count). The van der Waals surface area contributed by atoms with E-state index in [0.29, 0.717) is 0 Å². The fourth-order valence-electron chi connectivity index (χ4n) is 1.37. The summed E-state index contributed by atoms with van der Waals surface area (Å²) in [5, 5.41) is 8.80. The van der Waals surface area contributed by atoms with E-state index in [0.717, 1.165) is 18.9 Å². The summed E-state index contributed by atoms with van der Waals surface area (Å²) in [4.78, 5) is 0. The Hall–Kier alpha value is -1.23. The average Bonchev–Trinajstić information content (AvgIpc) is 3.01. The topological polar surface area (TPSA) is 29.5 Å². The third-order valence-electron chi connectivity index (χ3n) is 2.35. The summed E-state index contributed by atoms with van der Waals surface area (Å²) in [6.45, 7) is -0.410. The Bertz CT molecular complexity index is 383. The molecule has 0 unspecified atom stereocenters. The molecule has 1 aromatic rings. The molecule has 0 atom stereocenters.